The van der Waals surface area contributed by atoms with Gasteiger partial charge in [0.2, 0.25) is 0 Å². The molecule has 5 rings (SSSR count). The Bertz CT molecular complexity index is 1210. The fourth-order valence-corrected chi connectivity index (χ4v) is 4.09. The summed E-state index contributed by atoms with van der Waals surface area (Å²) in [6, 6.07) is 19.4. The van der Waals surface area contributed by atoms with Crippen LogP contribution in [0.5, 0.6) is 5.75 Å². The molecule has 1 fully saturated rings. The van der Waals surface area contributed by atoms with Crippen LogP contribution in [0.2, 0.25) is 0 Å². The van der Waals surface area contributed by atoms with Gasteiger partial charge in [0, 0.05) is 26.2 Å². The van der Waals surface area contributed by atoms with E-state index < -0.39 is 0 Å². The molecule has 7 heteroatoms. The highest BCUT2D eigenvalue weighted by Crippen LogP contribution is 2.30. The largest absolute Gasteiger partial charge is 0.493 e. The van der Waals surface area contributed by atoms with E-state index in [9.17, 15) is 4.79 Å². The monoisotopic (exact) mass is 428 g/mol. The zero-order chi connectivity index (χ0) is 21.9. The standard InChI is InChI=1S/C25H24N4O3/c1-2-31-22-11-9-18-6-3-4-7-19(18)24(22)25(30)29-15-13-28(14-16-29)23-12-10-20(26-27-23)21-8-5-17-32-21/h3-12,17H,2,13-16H2,1H3. The fraction of sp³-hybridized carbons (Fsp3) is 0.240. The van der Waals surface area contributed by atoms with Crippen molar-refractivity contribution in [2.24, 2.45) is 0 Å². The minimum absolute atomic E-state index is 0.00384. The number of carbonyl (C=O) groups is 1. The number of hydrogen-bond acceptors (Lipinski definition) is 6. The molecule has 162 valence electrons. The number of nitrogens with zero attached hydrogens (tertiary/aromatic N) is 4. The molecule has 1 aliphatic rings. The summed E-state index contributed by atoms with van der Waals surface area (Å²) in [4.78, 5) is 17.6. The minimum atomic E-state index is 0.00384. The lowest BCUT2D eigenvalue weighted by atomic mass is 10.0. The zero-order valence-corrected chi connectivity index (χ0v) is 17.9. The lowest BCUT2D eigenvalue weighted by Gasteiger charge is -2.35. The average Bonchev–Trinajstić information content (AvgIpc) is 3.39. The highest BCUT2D eigenvalue weighted by molar-refractivity contribution is 6.09. The van der Waals surface area contributed by atoms with Crippen LogP contribution in [0.25, 0.3) is 22.2 Å². The third kappa shape index (κ3) is 3.77. The Hall–Kier alpha value is -3.87. The van der Waals surface area contributed by atoms with E-state index in [0.29, 0.717) is 55.6 Å². The SMILES string of the molecule is CCOc1ccc2ccccc2c1C(=O)N1CCN(c2ccc(-c3ccco3)nn2)CC1. The molecule has 0 atom stereocenters. The maximum Gasteiger partial charge on any atom is 0.258 e. The molecule has 0 radical (unpaired) electrons. The summed E-state index contributed by atoms with van der Waals surface area (Å²) in [6.07, 6.45) is 1.62. The number of ether oxygens (including phenoxy) is 1. The Morgan fingerprint density at radius 3 is 2.53 bits per heavy atom. The van der Waals surface area contributed by atoms with Gasteiger partial charge in [0.25, 0.3) is 5.91 Å². The van der Waals surface area contributed by atoms with E-state index >= 15 is 0 Å². The second-order valence-electron chi connectivity index (χ2n) is 7.63. The summed E-state index contributed by atoms with van der Waals surface area (Å²) in [6.45, 7) is 5.04. The Kier molecular flexibility index (Phi) is 5.46. The molecule has 7 nitrogen and oxygen atoms in total. The Morgan fingerprint density at radius 2 is 1.81 bits per heavy atom. The maximum atomic E-state index is 13.5. The molecule has 1 saturated heterocycles. The van der Waals surface area contributed by atoms with Gasteiger partial charge < -0.3 is 19.0 Å². The number of amides is 1. The lowest BCUT2D eigenvalue weighted by molar-refractivity contribution is 0.0744. The smallest absolute Gasteiger partial charge is 0.258 e. The van der Waals surface area contributed by atoms with Crippen molar-refractivity contribution >= 4 is 22.5 Å². The van der Waals surface area contributed by atoms with E-state index in [1.807, 2.05) is 72.5 Å². The van der Waals surface area contributed by atoms with Gasteiger partial charge in [-0.2, -0.15) is 0 Å². The van der Waals surface area contributed by atoms with Crippen LogP contribution in [0.1, 0.15) is 17.3 Å². The first-order chi connectivity index (χ1) is 15.7. The predicted octanol–water partition coefficient (Wildman–Crippen LogP) is 4.25. The molecule has 0 bridgehead atoms. The number of benzene rings is 2. The van der Waals surface area contributed by atoms with Crippen LogP contribution in [0, 0.1) is 0 Å². The third-order valence-corrected chi connectivity index (χ3v) is 5.72. The number of piperazine rings is 1. The van der Waals surface area contributed by atoms with E-state index in [1.54, 1.807) is 6.26 Å². The van der Waals surface area contributed by atoms with Crippen LogP contribution in [0.3, 0.4) is 0 Å². The summed E-state index contributed by atoms with van der Waals surface area (Å²) in [5.74, 6) is 2.13. The molecular weight excluding hydrogens is 404 g/mol. The molecular formula is C25H24N4O3. The molecule has 0 unspecified atom stereocenters. The van der Waals surface area contributed by atoms with Gasteiger partial charge >= 0.3 is 0 Å². The van der Waals surface area contributed by atoms with Gasteiger partial charge in [-0.05, 0) is 48.0 Å². The quantitative estimate of drug-likeness (QED) is 0.473. The number of carbonyl (C=O) groups excluding carboxylic acids is 1. The Labute approximate surface area is 186 Å². The van der Waals surface area contributed by atoms with Crippen molar-refractivity contribution < 1.29 is 13.9 Å². The molecule has 2 aromatic heterocycles. The molecule has 2 aromatic carbocycles. The fourth-order valence-electron chi connectivity index (χ4n) is 4.09. The van der Waals surface area contributed by atoms with Crippen molar-refractivity contribution in [3.8, 4) is 17.2 Å². The number of anilines is 1. The van der Waals surface area contributed by atoms with Crippen molar-refractivity contribution in [3.63, 3.8) is 0 Å². The first kappa shape index (κ1) is 20.1. The number of fused-ring (bicyclic) bond motifs is 1. The second-order valence-corrected chi connectivity index (χ2v) is 7.63. The first-order valence-electron chi connectivity index (χ1n) is 10.8. The molecule has 0 aliphatic carbocycles. The summed E-state index contributed by atoms with van der Waals surface area (Å²) < 4.78 is 11.2. The molecule has 1 amide bonds. The highest BCUT2D eigenvalue weighted by Gasteiger charge is 2.26. The molecule has 32 heavy (non-hydrogen) atoms. The summed E-state index contributed by atoms with van der Waals surface area (Å²) >= 11 is 0. The second kappa shape index (κ2) is 8.70. The number of furan rings is 1. The van der Waals surface area contributed by atoms with Crippen molar-refractivity contribution in [1.29, 1.82) is 0 Å². The zero-order valence-electron chi connectivity index (χ0n) is 17.9. The van der Waals surface area contributed by atoms with Crippen LogP contribution in [0.15, 0.2) is 71.3 Å². The Morgan fingerprint density at radius 1 is 0.969 bits per heavy atom. The molecule has 1 aliphatic heterocycles. The average molecular weight is 428 g/mol. The molecule has 0 saturated carbocycles. The number of aromatic nitrogens is 2. The van der Waals surface area contributed by atoms with Gasteiger partial charge in [-0.25, -0.2) is 0 Å². The first-order valence-corrected chi connectivity index (χ1v) is 10.8. The van der Waals surface area contributed by atoms with E-state index in [0.717, 1.165) is 16.6 Å². The van der Waals surface area contributed by atoms with Crippen LogP contribution < -0.4 is 9.64 Å². The Balaban J connectivity index is 1.32. The lowest BCUT2D eigenvalue weighted by Crippen LogP contribution is -2.49. The van der Waals surface area contributed by atoms with Gasteiger partial charge in [0.15, 0.2) is 11.6 Å². The van der Waals surface area contributed by atoms with Crippen molar-refractivity contribution in [1.82, 2.24) is 15.1 Å². The third-order valence-electron chi connectivity index (χ3n) is 5.72. The van der Waals surface area contributed by atoms with Crippen molar-refractivity contribution in [3.05, 3.63) is 72.5 Å². The van der Waals surface area contributed by atoms with Gasteiger partial charge in [-0.3, -0.25) is 4.79 Å². The van der Waals surface area contributed by atoms with E-state index in [4.69, 9.17) is 9.15 Å². The predicted molar refractivity (Wildman–Crippen MR) is 123 cm³/mol. The maximum absolute atomic E-state index is 13.5. The van der Waals surface area contributed by atoms with Crippen LogP contribution in [-0.4, -0.2) is 53.8 Å². The van der Waals surface area contributed by atoms with Crippen LogP contribution in [-0.2, 0) is 0 Å². The summed E-state index contributed by atoms with van der Waals surface area (Å²) in [5, 5.41) is 10.6. The van der Waals surface area contributed by atoms with E-state index in [-0.39, 0.29) is 5.91 Å². The highest BCUT2D eigenvalue weighted by atomic mass is 16.5. The molecule has 3 heterocycles. The van der Waals surface area contributed by atoms with E-state index in [1.165, 1.54) is 0 Å². The van der Waals surface area contributed by atoms with Gasteiger partial charge in [0.1, 0.15) is 11.4 Å². The van der Waals surface area contributed by atoms with Crippen LogP contribution >= 0.6 is 0 Å². The topological polar surface area (TPSA) is 71.7 Å². The molecule has 0 spiro atoms. The van der Waals surface area contributed by atoms with Gasteiger partial charge in [-0.1, -0.05) is 30.3 Å². The van der Waals surface area contributed by atoms with Crippen molar-refractivity contribution in [2.45, 2.75) is 6.92 Å². The summed E-state index contributed by atoms with van der Waals surface area (Å²) in [5.41, 5.74) is 1.34. The van der Waals surface area contributed by atoms with E-state index in [2.05, 4.69) is 15.1 Å². The van der Waals surface area contributed by atoms with Crippen LogP contribution in [0.4, 0.5) is 5.82 Å². The number of hydrogen-bond donors (Lipinski definition) is 0. The van der Waals surface area contributed by atoms with Gasteiger partial charge in [-0.15, -0.1) is 10.2 Å². The minimum Gasteiger partial charge on any atom is -0.493 e. The summed E-state index contributed by atoms with van der Waals surface area (Å²) in [7, 11) is 0. The molecule has 0 N–H and O–H groups in total. The normalized spacial score (nSPS) is 14.0. The van der Waals surface area contributed by atoms with Gasteiger partial charge in [0.05, 0.1) is 18.4 Å². The number of rotatable bonds is 5. The van der Waals surface area contributed by atoms with Crippen molar-refractivity contribution in [2.75, 3.05) is 37.7 Å². The molecule has 4 aromatic rings.